The fraction of sp³-hybridized carbons (Fsp3) is 0.200. The number of carbonyl (C=O) groups is 1. The summed E-state index contributed by atoms with van der Waals surface area (Å²) in [6.45, 7) is 13.1. The van der Waals surface area contributed by atoms with Gasteiger partial charge in [0, 0.05) is 34.1 Å². The van der Waals surface area contributed by atoms with E-state index in [4.69, 9.17) is 9.15 Å². The zero-order valence-corrected chi connectivity index (χ0v) is 25.9. The zero-order chi connectivity index (χ0) is 31.0. The van der Waals surface area contributed by atoms with Crippen molar-refractivity contribution in [1.82, 2.24) is 0 Å². The molecule has 0 amide bonds. The maximum absolute atomic E-state index is 13.3. The van der Waals surface area contributed by atoms with E-state index >= 15 is 0 Å². The second kappa shape index (κ2) is 9.78. The van der Waals surface area contributed by atoms with E-state index in [1.54, 1.807) is 12.2 Å². The minimum atomic E-state index is -0.260. The van der Waals surface area contributed by atoms with Crippen LogP contribution in [0.2, 0.25) is 0 Å². The SMILES string of the molecule is CC(C)(C)c1ccc2c(c1)Oc1ccc/c(=C\C3=C([O-])C(=C\c4cccc5[o+]c6cc(C(C)(C)C)ccc6cc45)/C3=O)c1=C2. The van der Waals surface area contributed by atoms with Crippen molar-refractivity contribution in [3.8, 4) is 11.5 Å². The molecule has 0 unspecified atom stereocenters. The van der Waals surface area contributed by atoms with Crippen LogP contribution >= 0.6 is 0 Å². The van der Waals surface area contributed by atoms with Gasteiger partial charge in [-0.15, -0.1) is 0 Å². The largest absolute Gasteiger partial charge is 0.871 e. The Balaban J connectivity index is 1.28. The molecule has 5 aromatic rings. The first-order valence-corrected chi connectivity index (χ1v) is 15.0. The van der Waals surface area contributed by atoms with Crippen molar-refractivity contribution in [1.29, 1.82) is 0 Å². The fourth-order valence-electron chi connectivity index (χ4n) is 5.83. The molecule has 0 fully saturated rings. The summed E-state index contributed by atoms with van der Waals surface area (Å²) in [6.07, 6.45) is 5.44. The Morgan fingerprint density at radius 2 is 1.48 bits per heavy atom. The summed E-state index contributed by atoms with van der Waals surface area (Å²) in [5, 5.41) is 16.8. The predicted molar refractivity (Wildman–Crippen MR) is 176 cm³/mol. The molecule has 1 aromatic heterocycles. The first-order valence-electron chi connectivity index (χ1n) is 15.0. The minimum Gasteiger partial charge on any atom is -0.871 e. The van der Waals surface area contributed by atoms with Crippen LogP contribution in [0.25, 0.3) is 40.2 Å². The van der Waals surface area contributed by atoms with Gasteiger partial charge in [0.15, 0.2) is 5.78 Å². The molecule has 0 N–H and O–H groups in total. The highest BCUT2D eigenvalue weighted by molar-refractivity contribution is 6.26. The molecule has 7 rings (SSSR count). The number of hydrogen-bond acceptors (Lipinski definition) is 3. The average Bonchev–Trinajstić information content (AvgIpc) is 2.99. The first-order chi connectivity index (χ1) is 20.9. The number of Topliss-reactive ketones (excluding diaryl/α,β-unsaturated/α-hetero) is 1. The minimum absolute atomic E-state index is 0.00581. The third-order valence-electron chi connectivity index (χ3n) is 8.58. The molecule has 1 aliphatic heterocycles. The normalized spacial score (nSPS) is 16.1. The summed E-state index contributed by atoms with van der Waals surface area (Å²) in [4.78, 5) is 13.3. The highest BCUT2D eigenvalue weighted by atomic mass is 16.5. The lowest BCUT2D eigenvalue weighted by atomic mass is 9.85. The van der Waals surface area contributed by atoms with Crippen LogP contribution in [0.1, 0.15) is 63.8 Å². The number of benzene rings is 4. The van der Waals surface area contributed by atoms with Gasteiger partial charge in [0.05, 0.1) is 10.8 Å². The topological polar surface area (TPSA) is 60.7 Å². The van der Waals surface area contributed by atoms with Gasteiger partial charge in [-0.25, -0.2) is 4.42 Å². The van der Waals surface area contributed by atoms with Gasteiger partial charge >= 0.3 is 11.2 Å². The molecule has 0 spiro atoms. The maximum Gasteiger partial charge on any atom is 0.361 e. The molecular weight excluding hydrogens is 544 g/mol. The lowest BCUT2D eigenvalue weighted by molar-refractivity contribution is -0.300. The molecule has 2 aliphatic rings. The molecule has 0 radical (unpaired) electrons. The van der Waals surface area contributed by atoms with Crippen LogP contribution in [0, 0.1) is 0 Å². The van der Waals surface area contributed by atoms with Gasteiger partial charge in [0.1, 0.15) is 11.5 Å². The number of carbonyl (C=O) groups excluding carboxylic acids is 1. The number of hydrogen-bond donors (Lipinski definition) is 0. The second-order valence-corrected chi connectivity index (χ2v) is 13.8. The second-order valence-electron chi connectivity index (χ2n) is 13.8. The van der Waals surface area contributed by atoms with Gasteiger partial charge in [-0.05, 0) is 75.2 Å². The maximum atomic E-state index is 13.3. The molecule has 0 atom stereocenters. The number of allylic oxidation sites excluding steroid dienone is 2. The van der Waals surface area contributed by atoms with Crippen LogP contribution in [0.4, 0.5) is 0 Å². The van der Waals surface area contributed by atoms with E-state index in [2.05, 4.69) is 90.1 Å². The van der Waals surface area contributed by atoms with Crippen LogP contribution in [-0.4, -0.2) is 5.78 Å². The Hall–Kier alpha value is -4.96. The van der Waals surface area contributed by atoms with Gasteiger partial charge in [0.2, 0.25) is 0 Å². The van der Waals surface area contributed by atoms with Crippen molar-refractivity contribution >= 4 is 45.9 Å². The summed E-state index contributed by atoms with van der Waals surface area (Å²) in [5.41, 5.74) is 6.00. The Morgan fingerprint density at radius 1 is 0.750 bits per heavy atom. The smallest absolute Gasteiger partial charge is 0.361 e. The Bertz CT molecular complexity index is 2230. The van der Waals surface area contributed by atoms with Crippen molar-refractivity contribution in [2.45, 2.75) is 52.4 Å². The highest BCUT2D eigenvalue weighted by Crippen LogP contribution is 2.35. The van der Waals surface area contributed by atoms with E-state index in [-0.39, 0.29) is 33.5 Å². The van der Waals surface area contributed by atoms with Gasteiger partial charge in [-0.1, -0.05) is 89.8 Å². The summed E-state index contributed by atoms with van der Waals surface area (Å²) in [6, 6.07) is 26.0. The van der Waals surface area contributed by atoms with Crippen molar-refractivity contribution in [2.24, 2.45) is 0 Å². The Labute approximate surface area is 256 Å². The molecule has 1 aliphatic carbocycles. The number of fused-ring (bicyclic) bond motifs is 4. The number of ether oxygens (including phenoxy) is 1. The highest BCUT2D eigenvalue weighted by Gasteiger charge is 2.27. The summed E-state index contributed by atoms with van der Waals surface area (Å²) in [5.74, 6) is 0.988. The van der Waals surface area contributed by atoms with Crippen molar-refractivity contribution in [3.63, 3.8) is 0 Å². The molecule has 4 heteroatoms. The quantitative estimate of drug-likeness (QED) is 0.122. The number of rotatable bonds is 2. The Morgan fingerprint density at radius 3 is 2.23 bits per heavy atom. The van der Waals surface area contributed by atoms with Crippen LogP contribution in [0.5, 0.6) is 11.5 Å². The van der Waals surface area contributed by atoms with Gasteiger partial charge in [-0.3, -0.25) is 4.79 Å². The molecule has 4 aromatic carbocycles. The lowest BCUT2D eigenvalue weighted by Crippen LogP contribution is -2.33. The van der Waals surface area contributed by atoms with Crippen LogP contribution in [0.3, 0.4) is 0 Å². The van der Waals surface area contributed by atoms with Crippen LogP contribution in [0.15, 0.2) is 100 Å². The molecule has 0 saturated heterocycles. The third kappa shape index (κ3) is 4.71. The molecule has 218 valence electrons. The molecular formula is C40H34O4. The van der Waals surface area contributed by atoms with Crippen LogP contribution in [-0.2, 0) is 15.6 Å². The van der Waals surface area contributed by atoms with Crippen LogP contribution < -0.4 is 20.3 Å². The van der Waals surface area contributed by atoms with Gasteiger partial charge in [-0.2, -0.15) is 0 Å². The summed E-state index contributed by atoms with van der Waals surface area (Å²) >= 11 is 0. The molecule has 0 saturated carbocycles. The lowest BCUT2D eigenvalue weighted by Gasteiger charge is -2.28. The van der Waals surface area contributed by atoms with E-state index in [0.717, 1.165) is 43.7 Å². The van der Waals surface area contributed by atoms with E-state index < -0.39 is 0 Å². The Kier molecular flexibility index (Phi) is 6.19. The summed E-state index contributed by atoms with van der Waals surface area (Å²) in [7, 11) is 0. The first kappa shape index (κ1) is 27.8. The van der Waals surface area contributed by atoms with Gasteiger partial charge < -0.3 is 9.84 Å². The monoisotopic (exact) mass is 578 g/mol. The van der Waals surface area contributed by atoms with E-state index in [1.165, 1.54) is 11.1 Å². The number of ketones is 1. The standard InChI is InChI=1S/C40H34O4/c1-39(2,3)27-15-13-25-19-29-23(9-7-11-33(29)43-35(25)21-27)17-31-37(41)32(38(31)42)18-24-10-8-12-34-30(24)20-26-14-16-28(40(4,5)6)22-36(26)44-34/h7-22H,1-6H3. The van der Waals surface area contributed by atoms with Gasteiger partial charge in [0.25, 0.3) is 0 Å². The van der Waals surface area contributed by atoms with E-state index in [0.29, 0.717) is 11.3 Å². The predicted octanol–water partition coefficient (Wildman–Crippen LogP) is 7.46. The van der Waals surface area contributed by atoms with E-state index in [9.17, 15) is 9.90 Å². The van der Waals surface area contributed by atoms with Crippen molar-refractivity contribution in [3.05, 3.63) is 128 Å². The average molecular weight is 579 g/mol. The molecule has 2 heterocycles. The van der Waals surface area contributed by atoms with Crippen molar-refractivity contribution < 1.29 is 19.1 Å². The van der Waals surface area contributed by atoms with Crippen molar-refractivity contribution in [2.75, 3.05) is 0 Å². The molecule has 0 bridgehead atoms. The summed E-state index contributed by atoms with van der Waals surface area (Å²) < 4.78 is 12.6. The molecule has 44 heavy (non-hydrogen) atoms. The molecule has 4 nitrogen and oxygen atoms in total. The fourth-order valence-corrected chi connectivity index (χ4v) is 5.83. The van der Waals surface area contributed by atoms with E-state index in [1.807, 2.05) is 36.4 Å². The zero-order valence-electron chi connectivity index (χ0n) is 25.9. The third-order valence-corrected chi connectivity index (χ3v) is 8.58.